The molecule has 0 aliphatic carbocycles. The molecule has 0 aromatic heterocycles. The largest absolute Gasteiger partial charge is 0.480 e. The molecule has 1 unspecified atom stereocenters. The van der Waals surface area contributed by atoms with Crippen molar-refractivity contribution < 1.29 is 14.7 Å². The zero-order valence-electron chi connectivity index (χ0n) is 11.6. The minimum Gasteiger partial charge on any atom is -0.480 e. The first-order valence-corrected chi connectivity index (χ1v) is 6.86. The molecule has 1 aromatic carbocycles. The van der Waals surface area contributed by atoms with Gasteiger partial charge in [0.05, 0.1) is 6.54 Å². The smallest absolute Gasteiger partial charge is 0.322 e. The van der Waals surface area contributed by atoms with E-state index in [1.165, 1.54) is 11.1 Å². The molecule has 2 N–H and O–H groups in total. The van der Waals surface area contributed by atoms with E-state index >= 15 is 0 Å². The van der Waals surface area contributed by atoms with Crippen LogP contribution >= 0.6 is 0 Å². The Hall–Kier alpha value is -1.88. The van der Waals surface area contributed by atoms with Crippen molar-refractivity contribution >= 4 is 11.9 Å². The van der Waals surface area contributed by atoms with Crippen LogP contribution in [0.1, 0.15) is 30.0 Å². The van der Waals surface area contributed by atoms with Gasteiger partial charge in [-0.2, -0.15) is 0 Å². The molecule has 1 aliphatic rings. The summed E-state index contributed by atoms with van der Waals surface area (Å²) in [6.45, 7) is 2.89. The summed E-state index contributed by atoms with van der Waals surface area (Å²) in [6, 6.07) is 8.47. The Kier molecular flexibility index (Phi) is 4.74. The number of carboxylic acids is 1. The Bertz CT molecular complexity index is 502. The topological polar surface area (TPSA) is 69.6 Å². The van der Waals surface area contributed by atoms with E-state index in [0.717, 1.165) is 19.4 Å². The number of nitrogens with zero attached hydrogens (tertiary/aromatic N) is 1. The van der Waals surface area contributed by atoms with Crippen molar-refractivity contribution in [2.45, 2.75) is 25.8 Å². The summed E-state index contributed by atoms with van der Waals surface area (Å²) in [5.74, 6) is -1.25. The van der Waals surface area contributed by atoms with Gasteiger partial charge >= 0.3 is 5.97 Å². The predicted octanol–water partition coefficient (Wildman–Crippen LogP) is 1.33. The van der Waals surface area contributed by atoms with Gasteiger partial charge in [-0.05, 0) is 37.4 Å². The van der Waals surface area contributed by atoms with Crippen molar-refractivity contribution in [2.24, 2.45) is 0 Å². The van der Waals surface area contributed by atoms with Crippen LogP contribution in [0, 0.1) is 6.92 Å². The number of nitrogens with one attached hydrogen (secondary N) is 1. The van der Waals surface area contributed by atoms with Gasteiger partial charge in [-0.3, -0.25) is 14.5 Å². The highest BCUT2D eigenvalue weighted by Gasteiger charge is 2.28. The van der Waals surface area contributed by atoms with E-state index in [2.05, 4.69) is 29.3 Å². The maximum Gasteiger partial charge on any atom is 0.322 e. The molecule has 0 radical (unpaired) electrons. The Balaban J connectivity index is 1.99. The first-order valence-electron chi connectivity index (χ1n) is 6.86. The molecule has 1 aliphatic heterocycles. The maximum absolute atomic E-state index is 11.7. The predicted molar refractivity (Wildman–Crippen MR) is 75.4 cm³/mol. The van der Waals surface area contributed by atoms with Crippen LogP contribution in [0.25, 0.3) is 0 Å². The number of hydrogen-bond donors (Lipinski definition) is 2. The van der Waals surface area contributed by atoms with Crippen LogP contribution in [0.15, 0.2) is 24.3 Å². The molecule has 1 fully saturated rings. The first-order chi connectivity index (χ1) is 9.58. The van der Waals surface area contributed by atoms with E-state index in [0.29, 0.717) is 0 Å². The molecular weight excluding hydrogens is 256 g/mol. The average molecular weight is 276 g/mol. The highest BCUT2D eigenvalue weighted by Crippen LogP contribution is 2.33. The third-order valence-electron chi connectivity index (χ3n) is 3.69. The van der Waals surface area contributed by atoms with Crippen LogP contribution in [0.2, 0.25) is 0 Å². The number of amides is 1. The van der Waals surface area contributed by atoms with E-state index in [-0.39, 0.29) is 25.0 Å². The molecule has 5 nitrogen and oxygen atoms in total. The molecular formula is C15H20N2O3. The number of benzene rings is 1. The molecule has 1 saturated heterocycles. The summed E-state index contributed by atoms with van der Waals surface area (Å²) in [5.41, 5.74) is 2.49. The van der Waals surface area contributed by atoms with E-state index in [1.807, 2.05) is 12.1 Å². The van der Waals surface area contributed by atoms with Crippen LogP contribution in [0.4, 0.5) is 0 Å². The van der Waals surface area contributed by atoms with Crippen molar-refractivity contribution in [3.8, 4) is 0 Å². The summed E-state index contributed by atoms with van der Waals surface area (Å²) in [7, 11) is 0. The minimum atomic E-state index is -1.02. The summed E-state index contributed by atoms with van der Waals surface area (Å²) in [4.78, 5) is 24.3. The second-order valence-corrected chi connectivity index (χ2v) is 5.16. The van der Waals surface area contributed by atoms with Gasteiger partial charge in [0.2, 0.25) is 5.91 Å². The SMILES string of the molecule is Cc1ccccc1C1CCCN1CC(=O)NCC(=O)O. The molecule has 2 rings (SSSR count). The lowest BCUT2D eigenvalue weighted by atomic mass is 9.99. The number of aryl methyl sites for hydroxylation is 1. The Morgan fingerprint density at radius 1 is 1.40 bits per heavy atom. The number of aliphatic carboxylic acids is 1. The maximum atomic E-state index is 11.7. The molecule has 0 spiro atoms. The van der Waals surface area contributed by atoms with Crippen LogP contribution in [0.5, 0.6) is 0 Å². The van der Waals surface area contributed by atoms with Crippen molar-refractivity contribution in [3.63, 3.8) is 0 Å². The third kappa shape index (κ3) is 3.57. The first kappa shape index (κ1) is 14.5. The van der Waals surface area contributed by atoms with Crippen molar-refractivity contribution in [1.29, 1.82) is 0 Å². The summed E-state index contributed by atoms with van der Waals surface area (Å²) >= 11 is 0. The molecule has 1 amide bonds. The highest BCUT2D eigenvalue weighted by atomic mass is 16.4. The fourth-order valence-electron chi connectivity index (χ4n) is 2.74. The van der Waals surface area contributed by atoms with Crippen LogP contribution in [-0.4, -0.2) is 41.5 Å². The fraction of sp³-hybridized carbons (Fsp3) is 0.467. The van der Waals surface area contributed by atoms with Gasteiger partial charge in [-0.25, -0.2) is 0 Å². The molecule has 108 valence electrons. The lowest BCUT2D eigenvalue weighted by molar-refractivity contribution is -0.138. The molecule has 1 aromatic rings. The normalized spacial score (nSPS) is 18.9. The number of carboxylic acid groups (broad SMARTS) is 1. The number of carbonyl (C=O) groups is 2. The molecule has 1 heterocycles. The quantitative estimate of drug-likeness (QED) is 0.851. The van der Waals surface area contributed by atoms with Crippen LogP contribution < -0.4 is 5.32 Å². The zero-order valence-corrected chi connectivity index (χ0v) is 11.6. The van der Waals surface area contributed by atoms with Gasteiger partial charge < -0.3 is 10.4 Å². The zero-order chi connectivity index (χ0) is 14.5. The van der Waals surface area contributed by atoms with Crippen LogP contribution in [0.3, 0.4) is 0 Å². The number of rotatable bonds is 5. The minimum absolute atomic E-state index is 0.229. The Morgan fingerprint density at radius 3 is 2.85 bits per heavy atom. The van der Waals surface area contributed by atoms with E-state index in [1.54, 1.807) is 0 Å². The van der Waals surface area contributed by atoms with E-state index < -0.39 is 5.97 Å². The fourth-order valence-corrected chi connectivity index (χ4v) is 2.74. The standard InChI is InChI=1S/C15H20N2O3/c1-11-5-2-3-6-12(11)13-7-4-8-17(13)10-14(18)16-9-15(19)20/h2-3,5-6,13H,4,7-10H2,1H3,(H,16,18)(H,19,20). The molecule has 5 heteroatoms. The summed E-state index contributed by atoms with van der Waals surface area (Å²) in [6.07, 6.45) is 2.10. The monoisotopic (exact) mass is 276 g/mol. The van der Waals surface area contributed by atoms with E-state index in [4.69, 9.17) is 5.11 Å². The van der Waals surface area contributed by atoms with Crippen LogP contribution in [-0.2, 0) is 9.59 Å². The number of carbonyl (C=O) groups excluding carboxylic acids is 1. The van der Waals surface area contributed by atoms with Gasteiger partial charge in [0.25, 0.3) is 0 Å². The molecule has 0 saturated carbocycles. The third-order valence-corrected chi connectivity index (χ3v) is 3.69. The second kappa shape index (κ2) is 6.52. The van der Waals surface area contributed by atoms with Crippen molar-refractivity contribution in [3.05, 3.63) is 35.4 Å². The average Bonchev–Trinajstić information content (AvgIpc) is 2.85. The van der Waals surface area contributed by atoms with Gasteiger partial charge in [0.1, 0.15) is 6.54 Å². The van der Waals surface area contributed by atoms with Gasteiger partial charge in [0, 0.05) is 6.04 Å². The summed E-state index contributed by atoms with van der Waals surface area (Å²) in [5, 5.41) is 11.0. The van der Waals surface area contributed by atoms with Crippen molar-refractivity contribution in [2.75, 3.05) is 19.6 Å². The molecule has 20 heavy (non-hydrogen) atoms. The van der Waals surface area contributed by atoms with E-state index in [9.17, 15) is 9.59 Å². The number of likely N-dealkylation sites (tertiary alicyclic amines) is 1. The lowest BCUT2D eigenvalue weighted by Crippen LogP contribution is -2.39. The highest BCUT2D eigenvalue weighted by molar-refractivity contribution is 5.82. The molecule has 1 atom stereocenters. The lowest BCUT2D eigenvalue weighted by Gasteiger charge is -2.25. The molecule has 0 bridgehead atoms. The van der Waals surface area contributed by atoms with Gasteiger partial charge in [0.15, 0.2) is 0 Å². The summed E-state index contributed by atoms with van der Waals surface area (Å²) < 4.78 is 0. The number of hydrogen-bond acceptors (Lipinski definition) is 3. The van der Waals surface area contributed by atoms with Crippen molar-refractivity contribution in [1.82, 2.24) is 10.2 Å². The Morgan fingerprint density at radius 2 is 2.15 bits per heavy atom. The second-order valence-electron chi connectivity index (χ2n) is 5.16. The van der Waals surface area contributed by atoms with Gasteiger partial charge in [-0.15, -0.1) is 0 Å². The Labute approximate surface area is 118 Å². The van der Waals surface area contributed by atoms with Gasteiger partial charge in [-0.1, -0.05) is 24.3 Å².